The Hall–Kier alpha value is -3.03. The van der Waals surface area contributed by atoms with Gasteiger partial charge in [-0.1, -0.05) is 12.1 Å². The molecule has 0 aliphatic heterocycles. The zero-order valence-corrected chi connectivity index (χ0v) is 9.59. The van der Waals surface area contributed by atoms with Gasteiger partial charge in [0.2, 0.25) is 11.8 Å². The summed E-state index contributed by atoms with van der Waals surface area (Å²) in [5, 5.41) is 11.0. The summed E-state index contributed by atoms with van der Waals surface area (Å²) in [6.07, 6.45) is 2.56. The highest BCUT2D eigenvalue weighted by Gasteiger charge is 2.19. The number of nitrogens with zero attached hydrogens (tertiary/aromatic N) is 5. The second-order valence-corrected chi connectivity index (χ2v) is 3.80. The van der Waals surface area contributed by atoms with E-state index in [9.17, 15) is 10.1 Å². The molecule has 0 fully saturated rings. The van der Waals surface area contributed by atoms with Crippen molar-refractivity contribution >= 4 is 22.7 Å². The van der Waals surface area contributed by atoms with Crippen molar-refractivity contribution in [3.63, 3.8) is 0 Å². The van der Waals surface area contributed by atoms with Crippen LogP contribution in [0.5, 0.6) is 0 Å². The average Bonchev–Trinajstić information content (AvgIpc) is 2.82. The molecule has 8 nitrogen and oxygen atoms in total. The van der Waals surface area contributed by atoms with E-state index in [1.807, 2.05) is 18.2 Å². The highest BCUT2D eigenvalue weighted by molar-refractivity contribution is 5.77. The van der Waals surface area contributed by atoms with E-state index < -0.39 is 4.92 Å². The fourth-order valence-electron chi connectivity index (χ4n) is 1.81. The molecule has 0 unspecified atom stereocenters. The molecule has 94 valence electrons. The minimum atomic E-state index is -0.552. The number of rotatable bonds is 2. The topological polar surface area (TPSA) is 113 Å². The molecule has 8 heteroatoms. The van der Waals surface area contributed by atoms with Crippen LogP contribution >= 0.6 is 0 Å². The molecule has 1 aromatic carbocycles. The van der Waals surface area contributed by atoms with Crippen LogP contribution in [0.2, 0.25) is 0 Å². The molecule has 0 spiro atoms. The summed E-state index contributed by atoms with van der Waals surface area (Å²) >= 11 is 0. The fraction of sp³-hybridized carbons (Fsp3) is 0. The van der Waals surface area contributed by atoms with Crippen LogP contribution in [0.4, 0.5) is 11.6 Å². The van der Waals surface area contributed by atoms with E-state index >= 15 is 0 Å². The highest BCUT2D eigenvalue weighted by atomic mass is 16.6. The molecule has 0 aliphatic carbocycles. The summed E-state index contributed by atoms with van der Waals surface area (Å²) in [5.74, 6) is 0.0737. The van der Waals surface area contributed by atoms with E-state index in [0.29, 0.717) is 11.0 Å². The molecule has 19 heavy (non-hydrogen) atoms. The third-order valence-corrected chi connectivity index (χ3v) is 2.65. The maximum Gasteiger partial charge on any atom is 0.330 e. The first-order chi connectivity index (χ1) is 9.16. The molecule has 2 aromatic heterocycles. The predicted octanol–water partition coefficient (Wildman–Crippen LogP) is 1.31. The van der Waals surface area contributed by atoms with Gasteiger partial charge in [-0.05, 0) is 12.1 Å². The van der Waals surface area contributed by atoms with Crippen LogP contribution in [0, 0.1) is 10.1 Å². The lowest BCUT2D eigenvalue weighted by Gasteiger charge is -2.04. The number of para-hydroxylation sites is 2. The second kappa shape index (κ2) is 4.02. The van der Waals surface area contributed by atoms with Gasteiger partial charge in [0, 0.05) is 0 Å². The molecule has 0 amide bonds. The Morgan fingerprint density at radius 3 is 2.84 bits per heavy atom. The van der Waals surface area contributed by atoms with Crippen molar-refractivity contribution in [2.45, 2.75) is 0 Å². The maximum absolute atomic E-state index is 11.0. The Morgan fingerprint density at radius 2 is 2.05 bits per heavy atom. The van der Waals surface area contributed by atoms with E-state index in [4.69, 9.17) is 5.73 Å². The lowest BCUT2D eigenvalue weighted by Crippen LogP contribution is -2.06. The Morgan fingerprint density at radius 1 is 1.26 bits per heavy atom. The van der Waals surface area contributed by atoms with Crippen molar-refractivity contribution in [1.29, 1.82) is 0 Å². The molecular formula is C11H8N6O2. The normalized spacial score (nSPS) is 10.7. The van der Waals surface area contributed by atoms with E-state index in [0.717, 1.165) is 6.20 Å². The van der Waals surface area contributed by atoms with Gasteiger partial charge < -0.3 is 5.73 Å². The van der Waals surface area contributed by atoms with E-state index in [1.54, 1.807) is 6.07 Å². The van der Waals surface area contributed by atoms with Crippen LogP contribution in [0.1, 0.15) is 0 Å². The van der Waals surface area contributed by atoms with Crippen molar-refractivity contribution in [2.75, 3.05) is 5.73 Å². The maximum atomic E-state index is 11.0. The van der Waals surface area contributed by atoms with Gasteiger partial charge in [0.15, 0.2) is 0 Å². The first kappa shape index (κ1) is 11.1. The predicted molar refractivity (Wildman–Crippen MR) is 67.7 cm³/mol. The zero-order chi connectivity index (χ0) is 13.4. The SMILES string of the molecule is Nc1ncc([N+](=O)[O-])c(-n2cnc3ccccc32)n1. The number of benzene rings is 1. The number of nitro groups is 1. The van der Waals surface area contributed by atoms with Gasteiger partial charge in [-0.2, -0.15) is 4.98 Å². The van der Waals surface area contributed by atoms with Crippen molar-refractivity contribution in [3.05, 3.63) is 46.9 Å². The van der Waals surface area contributed by atoms with Gasteiger partial charge in [-0.15, -0.1) is 0 Å². The van der Waals surface area contributed by atoms with Crippen LogP contribution in [0.25, 0.3) is 16.9 Å². The molecule has 3 aromatic rings. The molecule has 0 saturated carbocycles. The summed E-state index contributed by atoms with van der Waals surface area (Å²) in [7, 11) is 0. The van der Waals surface area contributed by atoms with Crippen LogP contribution in [-0.4, -0.2) is 24.4 Å². The van der Waals surface area contributed by atoms with Crippen molar-refractivity contribution in [1.82, 2.24) is 19.5 Å². The van der Waals surface area contributed by atoms with Gasteiger partial charge in [0.05, 0.1) is 16.0 Å². The van der Waals surface area contributed by atoms with Gasteiger partial charge in [-0.3, -0.25) is 14.7 Å². The molecule has 0 aliphatic rings. The molecule has 2 N–H and O–H groups in total. The molecule has 0 atom stereocenters. The van der Waals surface area contributed by atoms with Crippen molar-refractivity contribution < 1.29 is 4.92 Å². The molecular weight excluding hydrogens is 248 g/mol. The minimum absolute atomic E-state index is 0.0293. The average molecular weight is 256 g/mol. The van der Waals surface area contributed by atoms with Crippen LogP contribution in [0.3, 0.4) is 0 Å². The van der Waals surface area contributed by atoms with Gasteiger partial charge in [0.25, 0.3) is 0 Å². The van der Waals surface area contributed by atoms with E-state index in [-0.39, 0.29) is 17.5 Å². The van der Waals surface area contributed by atoms with Gasteiger partial charge in [-0.25, -0.2) is 9.97 Å². The number of nitrogens with two attached hydrogens (primary N) is 1. The van der Waals surface area contributed by atoms with E-state index in [2.05, 4.69) is 15.0 Å². The molecule has 0 bridgehead atoms. The number of imidazole rings is 1. The summed E-state index contributed by atoms with van der Waals surface area (Å²) in [4.78, 5) is 22.2. The smallest absolute Gasteiger partial charge is 0.330 e. The number of hydrogen-bond acceptors (Lipinski definition) is 6. The van der Waals surface area contributed by atoms with Gasteiger partial charge in [0.1, 0.15) is 12.5 Å². The number of nitrogen functional groups attached to an aromatic ring is 1. The fourth-order valence-corrected chi connectivity index (χ4v) is 1.81. The summed E-state index contributed by atoms with van der Waals surface area (Å²) in [6.45, 7) is 0. The highest BCUT2D eigenvalue weighted by Crippen LogP contribution is 2.24. The lowest BCUT2D eigenvalue weighted by atomic mass is 10.3. The summed E-state index contributed by atoms with van der Waals surface area (Å²) < 4.78 is 1.52. The zero-order valence-electron chi connectivity index (χ0n) is 9.59. The number of fused-ring (bicyclic) bond motifs is 1. The van der Waals surface area contributed by atoms with Crippen LogP contribution in [0.15, 0.2) is 36.8 Å². The second-order valence-electron chi connectivity index (χ2n) is 3.80. The Balaban J connectivity index is 2.32. The summed E-state index contributed by atoms with van der Waals surface area (Å²) in [5.41, 5.74) is 6.70. The molecule has 3 rings (SSSR count). The molecule has 0 saturated heterocycles. The number of hydrogen-bond donors (Lipinski definition) is 1. The third kappa shape index (κ3) is 1.75. The minimum Gasteiger partial charge on any atom is -0.368 e. The quantitative estimate of drug-likeness (QED) is 0.546. The molecule has 2 heterocycles. The van der Waals surface area contributed by atoms with Gasteiger partial charge >= 0.3 is 5.69 Å². The first-order valence-electron chi connectivity index (χ1n) is 5.36. The lowest BCUT2D eigenvalue weighted by molar-refractivity contribution is -0.385. The Bertz CT molecular complexity index is 782. The summed E-state index contributed by atoms with van der Waals surface area (Å²) in [6, 6.07) is 7.26. The van der Waals surface area contributed by atoms with E-state index in [1.165, 1.54) is 10.9 Å². The van der Waals surface area contributed by atoms with Crippen LogP contribution in [-0.2, 0) is 0 Å². The first-order valence-corrected chi connectivity index (χ1v) is 5.36. The van der Waals surface area contributed by atoms with Crippen molar-refractivity contribution in [2.24, 2.45) is 0 Å². The third-order valence-electron chi connectivity index (χ3n) is 2.65. The standard InChI is InChI=1S/C11H8N6O2/c12-11-13-5-9(17(18)19)10(15-11)16-6-14-7-3-1-2-4-8(7)16/h1-6H,(H2,12,13,15). The largest absolute Gasteiger partial charge is 0.368 e. The number of aromatic nitrogens is 4. The Kier molecular flexibility index (Phi) is 2.34. The number of anilines is 1. The van der Waals surface area contributed by atoms with Crippen LogP contribution < -0.4 is 5.73 Å². The molecule has 0 radical (unpaired) electrons. The Labute approximate surface area is 106 Å². The monoisotopic (exact) mass is 256 g/mol. The van der Waals surface area contributed by atoms with Crippen molar-refractivity contribution in [3.8, 4) is 5.82 Å².